The summed E-state index contributed by atoms with van der Waals surface area (Å²) in [5, 5.41) is 17.9. The largest absolute Gasteiger partial charge is 0.478 e. The normalized spacial score (nSPS) is 10.2. The van der Waals surface area contributed by atoms with Gasteiger partial charge in [0.1, 0.15) is 5.03 Å². The molecule has 0 aliphatic carbocycles. The molecule has 0 radical (unpaired) electrons. The van der Waals surface area contributed by atoms with Gasteiger partial charge in [-0.2, -0.15) is 0 Å². The highest BCUT2D eigenvalue weighted by molar-refractivity contribution is 7.99. The molecule has 0 fully saturated rings. The van der Waals surface area contributed by atoms with Crippen molar-refractivity contribution < 1.29 is 15.0 Å². The maximum atomic E-state index is 10.7. The van der Waals surface area contributed by atoms with Crippen LogP contribution in [0.5, 0.6) is 0 Å². The molecule has 5 nitrogen and oxygen atoms in total. The molecular weight excluding hydrogens is 216 g/mol. The lowest BCUT2D eigenvalue weighted by atomic mass is 10.2. The second-order valence-electron chi connectivity index (χ2n) is 2.81. The molecule has 0 spiro atoms. The summed E-state index contributed by atoms with van der Waals surface area (Å²) in [6, 6.07) is 1.37. The van der Waals surface area contributed by atoms with E-state index in [1.807, 2.05) is 0 Å². The fourth-order valence-electron chi connectivity index (χ4n) is 0.989. The molecule has 4 N–H and O–H groups in total. The summed E-state index contributed by atoms with van der Waals surface area (Å²) in [5.74, 6) is -0.393. The maximum Gasteiger partial charge on any atom is 0.337 e. The average molecular weight is 228 g/mol. The molecule has 0 saturated carbocycles. The first kappa shape index (κ1) is 11.8. The Kier molecular flexibility index (Phi) is 4.38. The van der Waals surface area contributed by atoms with Crippen LogP contribution in [0.1, 0.15) is 16.8 Å². The fourth-order valence-corrected chi connectivity index (χ4v) is 1.86. The minimum atomic E-state index is -1.06. The number of hydrogen-bond acceptors (Lipinski definition) is 5. The number of pyridine rings is 1. The highest BCUT2D eigenvalue weighted by atomic mass is 32.2. The smallest absolute Gasteiger partial charge is 0.337 e. The number of nitrogen functional groups attached to an aromatic ring is 1. The Hall–Kier alpha value is -1.27. The number of nitrogens with zero attached hydrogens (tertiary/aromatic N) is 1. The fraction of sp³-hybridized carbons (Fsp3) is 0.333. The minimum absolute atomic E-state index is 0.0662. The standard InChI is InChI=1S/C9H12N2O3S/c10-7-6(9(13)14)2-3-11-8(7)15-5-1-4-12/h2-3,12H,1,4-5,10H2,(H,13,14). The predicted octanol–water partition coefficient (Wildman–Crippen LogP) is 0.837. The molecule has 82 valence electrons. The molecule has 1 rings (SSSR count). The van der Waals surface area contributed by atoms with E-state index in [0.29, 0.717) is 17.2 Å². The molecule has 6 heteroatoms. The number of hydrogen-bond donors (Lipinski definition) is 3. The lowest BCUT2D eigenvalue weighted by molar-refractivity contribution is 0.0697. The molecule has 1 heterocycles. The first-order valence-electron chi connectivity index (χ1n) is 4.38. The van der Waals surface area contributed by atoms with Gasteiger partial charge in [0.25, 0.3) is 0 Å². The Balaban J connectivity index is 2.80. The zero-order valence-electron chi connectivity index (χ0n) is 8.01. The van der Waals surface area contributed by atoms with E-state index in [1.165, 1.54) is 24.0 Å². The first-order valence-corrected chi connectivity index (χ1v) is 5.36. The van der Waals surface area contributed by atoms with Gasteiger partial charge in [-0.3, -0.25) is 0 Å². The third-order valence-electron chi connectivity index (χ3n) is 1.73. The maximum absolute atomic E-state index is 10.7. The van der Waals surface area contributed by atoms with Crippen LogP contribution in [0.4, 0.5) is 5.69 Å². The van der Waals surface area contributed by atoms with E-state index >= 15 is 0 Å². The van der Waals surface area contributed by atoms with Crippen molar-refractivity contribution in [3.63, 3.8) is 0 Å². The molecule has 0 atom stereocenters. The van der Waals surface area contributed by atoms with Crippen LogP contribution in [0.2, 0.25) is 0 Å². The Morgan fingerprint density at radius 1 is 1.60 bits per heavy atom. The Labute approximate surface area is 91.3 Å². The van der Waals surface area contributed by atoms with Gasteiger partial charge < -0.3 is 15.9 Å². The van der Waals surface area contributed by atoms with Crippen LogP contribution >= 0.6 is 11.8 Å². The molecule has 0 aliphatic heterocycles. The van der Waals surface area contributed by atoms with E-state index in [1.54, 1.807) is 0 Å². The zero-order chi connectivity index (χ0) is 11.3. The zero-order valence-corrected chi connectivity index (χ0v) is 8.83. The van der Waals surface area contributed by atoms with Crippen molar-refractivity contribution in [3.05, 3.63) is 17.8 Å². The summed E-state index contributed by atoms with van der Waals surface area (Å²) in [6.45, 7) is 0.103. The van der Waals surface area contributed by atoms with Crippen LogP contribution in [-0.2, 0) is 0 Å². The van der Waals surface area contributed by atoms with Gasteiger partial charge in [-0.05, 0) is 12.5 Å². The van der Waals surface area contributed by atoms with Crippen molar-refractivity contribution in [3.8, 4) is 0 Å². The summed E-state index contributed by atoms with van der Waals surface area (Å²) in [4.78, 5) is 14.7. The van der Waals surface area contributed by atoms with Crippen LogP contribution in [-0.4, -0.2) is 33.5 Å². The molecule has 0 amide bonds. The second kappa shape index (κ2) is 5.57. The Bertz CT molecular complexity index is 357. The SMILES string of the molecule is Nc1c(C(=O)O)ccnc1SCCCO. The number of rotatable bonds is 5. The monoisotopic (exact) mass is 228 g/mol. The van der Waals surface area contributed by atoms with Crippen molar-refractivity contribution in [1.29, 1.82) is 0 Å². The number of aliphatic hydroxyl groups excluding tert-OH is 1. The molecular formula is C9H12N2O3S. The van der Waals surface area contributed by atoms with Gasteiger partial charge in [0, 0.05) is 18.6 Å². The predicted molar refractivity (Wildman–Crippen MR) is 58.0 cm³/mol. The summed E-state index contributed by atoms with van der Waals surface area (Å²) >= 11 is 1.34. The van der Waals surface area contributed by atoms with Gasteiger partial charge in [0.15, 0.2) is 0 Å². The van der Waals surface area contributed by atoms with Crippen molar-refractivity contribution in [2.75, 3.05) is 18.1 Å². The highest BCUT2D eigenvalue weighted by Crippen LogP contribution is 2.25. The minimum Gasteiger partial charge on any atom is -0.478 e. The summed E-state index contributed by atoms with van der Waals surface area (Å²) in [7, 11) is 0. The van der Waals surface area contributed by atoms with E-state index in [0.717, 1.165) is 0 Å². The molecule has 15 heavy (non-hydrogen) atoms. The molecule has 0 aromatic carbocycles. The van der Waals surface area contributed by atoms with Gasteiger partial charge >= 0.3 is 5.97 Å². The van der Waals surface area contributed by atoms with E-state index in [2.05, 4.69) is 4.98 Å². The van der Waals surface area contributed by atoms with E-state index in [-0.39, 0.29) is 17.9 Å². The van der Waals surface area contributed by atoms with Gasteiger partial charge in [0.05, 0.1) is 11.3 Å². The van der Waals surface area contributed by atoms with Gasteiger partial charge in [0.2, 0.25) is 0 Å². The second-order valence-corrected chi connectivity index (χ2v) is 3.89. The van der Waals surface area contributed by atoms with Crippen LogP contribution in [0.15, 0.2) is 17.3 Å². The van der Waals surface area contributed by atoms with Gasteiger partial charge in [-0.15, -0.1) is 11.8 Å². The van der Waals surface area contributed by atoms with Crippen LogP contribution in [0, 0.1) is 0 Å². The third-order valence-corrected chi connectivity index (χ3v) is 2.82. The van der Waals surface area contributed by atoms with E-state index < -0.39 is 5.97 Å². The Morgan fingerprint density at radius 3 is 2.93 bits per heavy atom. The number of carboxylic acids is 1. The lowest BCUT2D eigenvalue weighted by Crippen LogP contribution is -2.04. The topological polar surface area (TPSA) is 96.4 Å². The molecule has 0 bridgehead atoms. The summed E-state index contributed by atoms with van der Waals surface area (Å²) in [6.07, 6.45) is 2.05. The van der Waals surface area contributed by atoms with Crippen molar-refractivity contribution in [2.24, 2.45) is 0 Å². The van der Waals surface area contributed by atoms with E-state index in [9.17, 15) is 4.79 Å². The van der Waals surface area contributed by atoms with Crippen LogP contribution < -0.4 is 5.73 Å². The number of aliphatic hydroxyl groups is 1. The van der Waals surface area contributed by atoms with Crippen molar-refractivity contribution >= 4 is 23.4 Å². The molecule has 1 aromatic rings. The summed E-state index contributed by atoms with van der Waals surface area (Å²) in [5.41, 5.74) is 5.89. The number of aromatic carboxylic acids is 1. The highest BCUT2D eigenvalue weighted by Gasteiger charge is 2.11. The molecule has 0 unspecified atom stereocenters. The third kappa shape index (κ3) is 3.10. The van der Waals surface area contributed by atoms with Crippen LogP contribution in [0.25, 0.3) is 0 Å². The molecule has 1 aromatic heterocycles. The van der Waals surface area contributed by atoms with Crippen LogP contribution in [0.3, 0.4) is 0 Å². The quantitative estimate of drug-likeness (QED) is 0.510. The van der Waals surface area contributed by atoms with E-state index in [4.69, 9.17) is 15.9 Å². The number of thioether (sulfide) groups is 1. The molecule has 0 aliphatic rings. The van der Waals surface area contributed by atoms with Gasteiger partial charge in [-0.25, -0.2) is 9.78 Å². The summed E-state index contributed by atoms with van der Waals surface area (Å²) < 4.78 is 0. The number of carbonyl (C=O) groups is 1. The number of aromatic nitrogens is 1. The number of carboxylic acid groups (broad SMARTS) is 1. The number of anilines is 1. The number of nitrogens with two attached hydrogens (primary N) is 1. The van der Waals surface area contributed by atoms with Crippen molar-refractivity contribution in [1.82, 2.24) is 4.98 Å². The first-order chi connectivity index (χ1) is 7.16. The Morgan fingerprint density at radius 2 is 2.33 bits per heavy atom. The lowest BCUT2D eigenvalue weighted by Gasteiger charge is -2.05. The molecule has 0 saturated heterocycles. The van der Waals surface area contributed by atoms with Crippen molar-refractivity contribution in [2.45, 2.75) is 11.4 Å². The average Bonchev–Trinajstić information content (AvgIpc) is 2.20. The van der Waals surface area contributed by atoms with Gasteiger partial charge in [-0.1, -0.05) is 0 Å².